The summed E-state index contributed by atoms with van der Waals surface area (Å²) in [4.78, 5) is 16.1. The number of methoxy groups -OCH3 is 1. The Morgan fingerprint density at radius 1 is 0.833 bits per heavy atom. The number of ether oxygens (including phenoxy) is 3. The van der Waals surface area contributed by atoms with Crippen LogP contribution < -0.4 is 14.4 Å². The van der Waals surface area contributed by atoms with Gasteiger partial charge in [-0.25, -0.2) is 4.79 Å². The van der Waals surface area contributed by atoms with E-state index in [9.17, 15) is 18.0 Å². The van der Waals surface area contributed by atoms with Gasteiger partial charge >= 0.3 is 12.3 Å². The first-order valence-corrected chi connectivity index (χ1v) is 11.5. The fourth-order valence-corrected chi connectivity index (χ4v) is 3.90. The second kappa shape index (κ2) is 11.2. The van der Waals surface area contributed by atoms with Gasteiger partial charge in [-0.1, -0.05) is 36.4 Å². The van der Waals surface area contributed by atoms with Crippen LogP contribution >= 0.6 is 0 Å². The van der Waals surface area contributed by atoms with Gasteiger partial charge in [0.25, 0.3) is 0 Å². The molecule has 6 nitrogen and oxygen atoms in total. The van der Waals surface area contributed by atoms with Crippen LogP contribution in [-0.4, -0.2) is 44.3 Å². The van der Waals surface area contributed by atoms with Gasteiger partial charge in [-0.2, -0.15) is 13.2 Å². The minimum Gasteiger partial charge on any atom is -0.493 e. The van der Waals surface area contributed by atoms with E-state index in [1.165, 1.54) is 12.1 Å². The van der Waals surface area contributed by atoms with Gasteiger partial charge in [-0.15, -0.1) is 0 Å². The SMILES string of the molecule is COc1cc(COC(=O)N2CCN(c3ccc(C(F)(F)F)cc3)CC2)ccc1OCc1ccccc1. The van der Waals surface area contributed by atoms with Crippen LogP contribution in [0.25, 0.3) is 0 Å². The zero-order valence-corrected chi connectivity index (χ0v) is 19.8. The molecule has 3 aromatic carbocycles. The number of amides is 1. The molecule has 0 aromatic heterocycles. The van der Waals surface area contributed by atoms with Crippen LogP contribution in [0.15, 0.2) is 72.8 Å². The molecule has 4 rings (SSSR count). The predicted molar refractivity (Wildman–Crippen MR) is 129 cm³/mol. The van der Waals surface area contributed by atoms with E-state index < -0.39 is 17.8 Å². The number of rotatable bonds is 7. The molecule has 0 unspecified atom stereocenters. The summed E-state index contributed by atoms with van der Waals surface area (Å²) in [5.74, 6) is 1.14. The fraction of sp³-hybridized carbons (Fsp3) is 0.296. The van der Waals surface area contributed by atoms with Crippen LogP contribution in [0.3, 0.4) is 0 Å². The maximum Gasteiger partial charge on any atom is 0.416 e. The number of carbonyl (C=O) groups is 1. The van der Waals surface area contributed by atoms with Gasteiger partial charge in [0.1, 0.15) is 13.2 Å². The zero-order chi connectivity index (χ0) is 25.5. The highest BCUT2D eigenvalue weighted by molar-refractivity contribution is 5.68. The molecule has 1 aliphatic rings. The Kier molecular flexibility index (Phi) is 7.87. The molecule has 36 heavy (non-hydrogen) atoms. The Balaban J connectivity index is 1.26. The van der Waals surface area contributed by atoms with Gasteiger partial charge in [0.15, 0.2) is 11.5 Å². The minimum absolute atomic E-state index is 0.0767. The number of nitrogens with zero attached hydrogens (tertiary/aromatic N) is 2. The molecule has 1 saturated heterocycles. The normalized spacial score (nSPS) is 13.9. The summed E-state index contributed by atoms with van der Waals surface area (Å²) in [7, 11) is 1.55. The van der Waals surface area contributed by atoms with E-state index in [0.29, 0.717) is 50.0 Å². The molecule has 3 aromatic rings. The monoisotopic (exact) mass is 500 g/mol. The quantitative estimate of drug-likeness (QED) is 0.414. The largest absolute Gasteiger partial charge is 0.493 e. The van der Waals surface area contributed by atoms with Crippen LogP contribution in [0.1, 0.15) is 16.7 Å². The van der Waals surface area contributed by atoms with Gasteiger partial charge < -0.3 is 24.0 Å². The maximum atomic E-state index is 12.8. The second-order valence-electron chi connectivity index (χ2n) is 8.33. The molecule has 0 atom stereocenters. The number of halogens is 3. The van der Waals surface area contributed by atoms with E-state index in [-0.39, 0.29) is 6.61 Å². The molecular weight excluding hydrogens is 473 g/mol. The summed E-state index contributed by atoms with van der Waals surface area (Å²) >= 11 is 0. The van der Waals surface area contributed by atoms with E-state index >= 15 is 0 Å². The molecule has 1 amide bonds. The van der Waals surface area contributed by atoms with E-state index in [0.717, 1.165) is 23.3 Å². The Hall–Kier alpha value is -3.88. The van der Waals surface area contributed by atoms with Crippen LogP contribution in [-0.2, 0) is 24.1 Å². The highest BCUT2D eigenvalue weighted by Crippen LogP contribution is 2.31. The van der Waals surface area contributed by atoms with Crippen molar-refractivity contribution in [3.63, 3.8) is 0 Å². The first kappa shape index (κ1) is 25.2. The first-order chi connectivity index (χ1) is 17.3. The minimum atomic E-state index is -4.36. The topological polar surface area (TPSA) is 51.2 Å². The molecule has 0 radical (unpaired) electrons. The van der Waals surface area contributed by atoms with E-state index in [2.05, 4.69) is 0 Å². The highest BCUT2D eigenvalue weighted by Gasteiger charge is 2.30. The predicted octanol–water partition coefficient (Wildman–Crippen LogP) is 5.75. The Labute approximate surface area is 207 Å². The number of hydrogen-bond acceptors (Lipinski definition) is 5. The van der Waals surface area contributed by atoms with Gasteiger partial charge in [0, 0.05) is 31.9 Å². The standard InChI is InChI=1S/C27H27F3N2O4/c1-34-25-17-21(7-12-24(25)35-18-20-5-3-2-4-6-20)19-36-26(33)32-15-13-31(14-16-32)23-10-8-22(9-11-23)27(28,29)30/h2-12,17H,13-16,18-19H2,1H3. The Morgan fingerprint density at radius 2 is 1.53 bits per heavy atom. The van der Waals surface area contributed by atoms with Crippen molar-refractivity contribution in [1.29, 1.82) is 0 Å². The average molecular weight is 501 g/mol. The van der Waals surface area contributed by atoms with Crippen LogP contribution in [0.2, 0.25) is 0 Å². The third kappa shape index (κ3) is 6.41. The van der Waals surface area contributed by atoms with Crippen molar-refractivity contribution >= 4 is 11.8 Å². The van der Waals surface area contributed by atoms with Crippen molar-refractivity contribution in [2.24, 2.45) is 0 Å². The summed E-state index contributed by atoms with van der Waals surface area (Å²) < 4.78 is 55.1. The third-order valence-electron chi connectivity index (χ3n) is 5.93. The van der Waals surface area contributed by atoms with Gasteiger partial charge in [0.05, 0.1) is 12.7 Å². The number of carbonyl (C=O) groups excluding carboxylic acids is 1. The Bertz CT molecular complexity index is 1150. The van der Waals surface area contributed by atoms with Crippen LogP contribution in [0, 0.1) is 0 Å². The summed E-state index contributed by atoms with van der Waals surface area (Å²) in [6, 6.07) is 20.2. The fourth-order valence-electron chi connectivity index (χ4n) is 3.90. The van der Waals surface area contributed by atoms with Gasteiger partial charge in [-0.05, 0) is 47.5 Å². The number of anilines is 1. The van der Waals surface area contributed by atoms with Crippen LogP contribution in [0.5, 0.6) is 11.5 Å². The van der Waals surface area contributed by atoms with Crippen molar-refractivity contribution < 1.29 is 32.2 Å². The molecule has 9 heteroatoms. The summed E-state index contributed by atoms with van der Waals surface area (Å²) in [6.07, 6.45) is -4.80. The number of piperazine rings is 1. The first-order valence-electron chi connectivity index (χ1n) is 11.5. The summed E-state index contributed by atoms with van der Waals surface area (Å²) in [5, 5.41) is 0. The molecule has 0 N–H and O–H groups in total. The lowest BCUT2D eigenvalue weighted by molar-refractivity contribution is -0.137. The lowest BCUT2D eigenvalue weighted by Crippen LogP contribution is -2.48. The Morgan fingerprint density at radius 3 is 2.17 bits per heavy atom. The van der Waals surface area contributed by atoms with Crippen molar-refractivity contribution in [2.75, 3.05) is 38.2 Å². The van der Waals surface area contributed by atoms with Gasteiger partial charge in [0.2, 0.25) is 0 Å². The molecule has 0 bridgehead atoms. The maximum absolute atomic E-state index is 12.8. The van der Waals surface area contributed by atoms with Crippen molar-refractivity contribution in [2.45, 2.75) is 19.4 Å². The summed E-state index contributed by atoms with van der Waals surface area (Å²) in [5.41, 5.74) is 1.81. The van der Waals surface area contributed by atoms with Gasteiger partial charge in [-0.3, -0.25) is 0 Å². The van der Waals surface area contributed by atoms with E-state index in [1.54, 1.807) is 24.1 Å². The molecule has 0 spiro atoms. The summed E-state index contributed by atoms with van der Waals surface area (Å²) in [6.45, 7) is 2.31. The molecule has 1 heterocycles. The second-order valence-corrected chi connectivity index (χ2v) is 8.33. The van der Waals surface area contributed by atoms with Crippen molar-refractivity contribution in [1.82, 2.24) is 4.90 Å². The molecule has 0 saturated carbocycles. The van der Waals surface area contributed by atoms with E-state index in [1.807, 2.05) is 41.3 Å². The molecule has 1 fully saturated rings. The number of alkyl halides is 3. The molecular formula is C27H27F3N2O4. The van der Waals surface area contributed by atoms with Crippen molar-refractivity contribution in [3.05, 3.63) is 89.5 Å². The zero-order valence-electron chi connectivity index (χ0n) is 19.8. The van der Waals surface area contributed by atoms with E-state index in [4.69, 9.17) is 14.2 Å². The van der Waals surface area contributed by atoms with Crippen LogP contribution in [0.4, 0.5) is 23.7 Å². The molecule has 1 aliphatic heterocycles. The smallest absolute Gasteiger partial charge is 0.416 e. The average Bonchev–Trinajstić information content (AvgIpc) is 2.91. The molecule has 0 aliphatic carbocycles. The highest BCUT2D eigenvalue weighted by atomic mass is 19.4. The van der Waals surface area contributed by atoms with Crippen molar-refractivity contribution in [3.8, 4) is 11.5 Å². The molecule has 190 valence electrons. The lowest BCUT2D eigenvalue weighted by atomic mass is 10.1. The number of hydrogen-bond donors (Lipinski definition) is 0. The number of benzene rings is 3. The lowest BCUT2D eigenvalue weighted by Gasteiger charge is -2.35. The third-order valence-corrected chi connectivity index (χ3v) is 5.93.